The molecule has 5 nitrogen and oxygen atoms in total. The van der Waals surface area contributed by atoms with Gasteiger partial charge in [0.1, 0.15) is 11.6 Å². The maximum absolute atomic E-state index is 13.6. The zero-order valence-electron chi connectivity index (χ0n) is 13.5. The van der Waals surface area contributed by atoms with Crippen molar-refractivity contribution < 1.29 is 18.3 Å². The molecule has 0 radical (unpaired) electrons. The average molecular weight is 368 g/mol. The van der Waals surface area contributed by atoms with E-state index in [1.165, 1.54) is 43.3 Å². The summed E-state index contributed by atoms with van der Waals surface area (Å²) in [6.07, 6.45) is 3.74. The lowest BCUT2D eigenvalue weighted by atomic mass is 10.2. The second-order valence-corrected chi connectivity index (χ2v) is 9.73. The van der Waals surface area contributed by atoms with Gasteiger partial charge in [-0.3, -0.25) is 9.36 Å². The van der Waals surface area contributed by atoms with Crippen LogP contribution in [0.1, 0.15) is 18.4 Å². The van der Waals surface area contributed by atoms with Gasteiger partial charge in [-0.1, -0.05) is 0 Å². The molecule has 0 unspecified atom stereocenters. The number of rotatable bonds is 3. The average Bonchev–Trinajstić information content (AvgIpc) is 3.11. The molecule has 0 aliphatic carbocycles. The predicted octanol–water partition coefficient (Wildman–Crippen LogP) is 3.81. The van der Waals surface area contributed by atoms with Crippen molar-refractivity contribution in [1.29, 1.82) is 0 Å². The standard InChI is InChI=1S/C16H18FN2O3PS/c1-23(2,21)22-13-6-5-12(17)9-11(13)10-14-15(20)18-16(24-14)19-7-3-4-8-19/h5-6,9-10H,3-4,7-8H2,1-2H3/b14-10-. The van der Waals surface area contributed by atoms with E-state index in [0.717, 1.165) is 25.9 Å². The molecule has 0 atom stereocenters. The molecule has 2 heterocycles. The summed E-state index contributed by atoms with van der Waals surface area (Å²) < 4.78 is 30.9. The van der Waals surface area contributed by atoms with E-state index < -0.39 is 13.2 Å². The molecule has 2 aliphatic heterocycles. The first-order chi connectivity index (χ1) is 11.3. The van der Waals surface area contributed by atoms with Crippen LogP contribution in [0.2, 0.25) is 0 Å². The number of nitrogens with zero attached hydrogens (tertiary/aromatic N) is 2. The summed E-state index contributed by atoms with van der Waals surface area (Å²) in [4.78, 5) is 18.7. The van der Waals surface area contributed by atoms with Crippen molar-refractivity contribution in [1.82, 2.24) is 4.90 Å². The second-order valence-electron chi connectivity index (χ2n) is 6.03. The van der Waals surface area contributed by atoms with Crippen molar-refractivity contribution in [2.45, 2.75) is 12.8 Å². The van der Waals surface area contributed by atoms with Crippen LogP contribution < -0.4 is 4.52 Å². The van der Waals surface area contributed by atoms with Crippen molar-refractivity contribution >= 4 is 36.3 Å². The molecule has 3 rings (SSSR count). The molecule has 1 fully saturated rings. The van der Waals surface area contributed by atoms with Gasteiger partial charge in [-0.2, -0.15) is 4.99 Å². The van der Waals surface area contributed by atoms with Crippen molar-refractivity contribution in [3.63, 3.8) is 0 Å². The van der Waals surface area contributed by atoms with Crippen molar-refractivity contribution in [3.05, 3.63) is 34.5 Å². The van der Waals surface area contributed by atoms with E-state index in [9.17, 15) is 13.8 Å². The van der Waals surface area contributed by atoms with Gasteiger partial charge in [0.05, 0.1) is 4.91 Å². The molecule has 24 heavy (non-hydrogen) atoms. The van der Waals surface area contributed by atoms with E-state index in [2.05, 4.69) is 9.89 Å². The number of hydrogen-bond donors (Lipinski definition) is 0. The highest BCUT2D eigenvalue weighted by Crippen LogP contribution is 2.41. The largest absolute Gasteiger partial charge is 0.443 e. The molecule has 0 spiro atoms. The van der Waals surface area contributed by atoms with E-state index in [1.54, 1.807) is 6.08 Å². The minimum atomic E-state index is -2.80. The Bertz CT molecular complexity index is 782. The lowest BCUT2D eigenvalue weighted by Crippen LogP contribution is -2.23. The van der Waals surface area contributed by atoms with Gasteiger partial charge < -0.3 is 9.42 Å². The van der Waals surface area contributed by atoms with Crippen molar-refractivity contribution in [2.24, 2.45) is 4.99 Å². The number of benzene rings is 1. The van der Waals surface area contributed by atoms with Gasteiger partial charge in [-0.05, 0) is 48.9 Å². The first-order valence-electron chi connectivity index (χ1n) is 7.63. The Hall–Kier alpha value is -1.59. The number of halogens is 1. The second kappa shape index (κ2) is 6.73. The molecule has 128 valence electrons. The third-order valence-corrected chi connectivity index (χ3v) is 5.24. The number of amidine groups is 1. The summed E-state index contributed by atoms with van der Waals surface area (Å²) in [6, 6.07) is 3.93. The van der Waals surface area contributed by atoms with E-state index in [-0.39, 0.29) is 5.91 Å². The first-order valence-corrected chi connectivity index (χ1v) is 11.0. The van der Waals surface area contributed by atoms with E-state index >= 15 is 0 Å². The molecule has 0 aromatic heterocycles. The van der Waals surface area contributed by atoms with Crippen LogP contribution in [0.3, 0.4) is 0 Å². The Morgan fingerprint density at radius 1 is 1.33 bits per heavy atom. The van der Waals surface area contributed by atoms with Crippen LogP contribution in [-0.2, 0) is 9.36 Å². The Morgan fingerprint density at radius 3 is 2.71 bits per heavy atom. The lowest BCUT2D eigenvalue weighted by molar-refractivity contribution is -0.113. The Labute approximate surface area is 144 Å². The number of aliphatic imine (C=N–C) groups is 1. The fraction of sp³-hybridized carbons (Fsp3) is 0.375. The third-order valence-electron chi connectivity index (χ3n) is 3.56. The maximum Gasteiger partial charge on any atom is 0.286 e. The number of carbonyl (C=O) groups excluding carboxylic acids is 1. The number of amides is 1. The zero-order chi connectivity index (χ0) is 17.3. The molecule has 0 N–H and O–H groups in total. The molecule has 0 bridgehead atoms. The van der Waals surface area contributed by atoms with Gasteiger partial charge in [0, 0.05) is 32.0 Å². The van der Waals surface area contributed by atoms with Crippen LogP contribution in [0, 0.1) is 5.82 Å². The van der Waals surface area contributed by atoms with Gasteiger partial charge in [-0.25, -0.2) is 4.39 Å². The van der Waals surface area contributed by atoms with E-state index in [4.69, 9.17) is 4.52 Å². The Kier molecular flexibility index (Phi) is 4.83. The summed E-state index contributed by atoms with van der Waals surface area (Å²) in [7, 11) is -2.80. The minimum absolute atomic E-state index is 0.292. The number of carbonyl (C=O) groups is 1. The first kappa shape index (κ1) is 17.2. The van der Waals surface area contributed by atoms with Crippen molar-refractivity contribution in [3.8, 4) is 5.75 Å². The molecular weight excluding hydrogens is 350 g/mol. The number of thioether (sulfide) groups is 1. The number of likely N-dealkylation sites (tertiary alicyclic amines) is 1. The number of hydrogen-bond acceptors (Lipinski definition) is 5. The normalized spacial score (nSPS) is 20.0. The van der Waals surface area contributed by atoms with E-state index in [0.29, 0.717) is 21.4 Å². The van der Waals surface area contributed by atoms with Crippen LogP contribution >= 0.6 is 19.1 Å². The Morgan fingerprint density at radius 2 is 2.04 bits per heavy atom. The minimum Gasteiger partial charge on any atom is -0.443 e. The quantitative estimate of drug-likeness (QED) is 0.600. The Balaban J connectivity index is 1.87. The van der Waals surface area contributed by atoms with E-state index in [1.807, 2.05) is 0 Å². The van der Waals surface area contributed by atoms with Crippen LogP contribution in [0.4, 0.5) is 4.39 Å². The maximum atomic E-state index is 13.6. The molecule has 0 saturated carbocycles. The molecule has 1 saturated heterocycles. The third kappa shape index (κ3) is 4.08. The highest BCUT2D eigenvalue weighted by molar-refractivity contribution is 8.18. The zero-order valence-corrected chi connectivity index (χ0v) is 15.2. The molecule has 8 heteroatoms. The summed E-state index contributed by atoms with van der Waals surface area (Å²) in [5, 5.41) is 0.694. The lowest BCUT2D eigenvalue weighted by Gasteiger charge is -2.15. The molecule has 1 amide bonds. The fourth-order valence-electron chi connectivity index (χ4n) is 2.53. The highest BCUT2D eigenvalue weighted by Gasteiger charge is 2.28. The summed E-state index contributed by atoms with van der Waals surface area (Å²) in [6.45, 7) is 4.76. The van der Waals surface area contributed by atoms with Gasteiger partial charge in [0.15, 0.2) is 5.17 Å². The van der Waals surface area contributed by atoms with Crippen LogP contribution in [0.15, 0.2) is 28.1 Å². The van der Waals surface area contributed by atoms with Gasteiger partial charge in [-0.15, -0.1) is 0 Å². The van der Waals surface area contributed by atoms with Crippen LogP contribution in [-0.4, -0.2) is 42.4 Å². The summed E-state index contributed by atoms with van der Waals surface area (Å²) in [5.41, 5.74) is 0.382. The van der Waals surface area contributed by atoms with Crippen molar-refractivity contribution in [2.75, 3.05) is 26.4 Å². The molecule has 1 aromatic rings. The van der Waals surface area contributed by atoms with Gasteiger partial charge in [0.2, 0.25) is 7.37 Å². The van der Waals surface area contributed by atoms with Gasteiger partial charge in [0.25, 0.3) is 5.91 Å². The SMILES string of the molecule is CP(C)(=O)Oc1ccc(F)cc1/C=C1\SC(N2CCCC2)=NC1=O. The fourth-order valence-corrected chi connectivity index (χ4v) is 4.13. The predicted molar refractivity (Wildman–Crippen MR) is 95.3 cm³/mol. The highest BCUT2D eigenvalue weighted by atomic mass is 32.2. The topological polar surface area (TPSA) is 59.0 Å². The molecule has 1 aromatic carbocycles. The molecule has 2 aliphatic rings. The van der Waals surface area contributed by atoms with Gasteiger partial charge >= 0.3 is 0 Å². The molecular formula is C16H18FN2O3PS. The summed E-state index contributed by atoms with van der Waals surface area (Å²) >= 11 is 1.28. The van der Waals surface area contributed by atoms with Crippen LogP contribution in [0.25, 0.3) is 6.08 Å². The summed E-state index contributed by atoms with van der Waals surface area (Å²) in [5.74, 6) is -0.499. The monoisotopic (exact) mass is 368 g/mol. The van der Waals surface area contributed by atoms with Crippen LogP contribution in [0.5, 0.6) is 5.75 Å². The smallest absolute Gasteiger partial charge is 0.286 e.